The highest BCUT2D eigenvalue weighted by Crippen LogP contribution is 2.25. The molecule has 0 spiro atoms. The van der Waals surface area contributed by atoms with E-state index in [9.17, 15) is 5.11 Å². The lowest BCUT2D eigenvalue weighted by Gasteiger charge is -2.08. The van der Waals surface area contributed by atoms with E-state index in [1.54, 1.807) is 24.3 Å². The molecule has 2 aromatic rings. The Hall–Kier alpha value is -2.09. The number of aromatic nitrogens is 1. The molecule has 0 aliphatic heterocycles. The molecule has 0 fully saturated rings. The molecule has 1 aromatic heterocycles. The van der Waals surface area contributed by atoms with Crippen molar-refractivity contribution in [3.05, 3.63) is 52.7 Å². The van der Waals surface area contributed by atoms with Gasteiger partial charge in [0.05, 0.1) is 18.2 Å². The second kappa shape index (κ2) is 5.50. The van der Waals surface area contributed by atoms with Crippen molar-refractivity contribution in [2.24, 2.45) is 0 Å². The summed E-state index contributed by atoms with van der Waals surface area (Å²) in [7, 11) is 0. The van der Waals surface area contributed by atoms with Gasteiger partial charge in [-0.2, -0.15) is 5.26 Å². The fourth-order valence-corrected chi connectivity index (χ4v) is 1.64. The molecule has 18 heavy (non-hydrogen) atoms. The van der Waals surface area contributed by atoms with Crippen LogP contribution in [0.3, 0.4) is 0 Å². The van der Waals surface area contributed by atoms with Crippen LogP contribution in [0.4, 0.5) is 0 Å². The largest absolute Gasteiger partial charge is 0.439 e. The molecule has 0 unspecified atom stereocenters. The van der Waals surface area contributed by atoms with Gasteiger partial charge in [0, 0.05) is 11.6 Å². The Balaban J connectivity index is 2.34. The van der Waals surface area contributed by atoms with E-state index in [1.165, 1.54) is 12.1 Å². The highest BCUT2D eigenvalue weighted by Gasteiger charge is 2.06. The van der Waals surface area contributed by atoms with Crippen LogP contribution in [0.5, 0.6) is 11.6 Å². The topological polar surface area (TPSA) is 66.1 Å². The second-order valence-electron chi connectivity index (χ2n) is 3.50. The average molecular weight is 261 g/mol. The van der Waals surface area contributed by atoms with Gasteiger partial charge in [-0.05, 0) is 12.1 Å². The van der Waals surface area contributed by atoms with Crippen LogP contribution >= 0.6 is 11.6 Å². The van der Waals surface area contributed by atoms with Crippen LogP contribution in [0.2, 0.25) is 5.15 Å². The molecule has 5 heteroatoms. The third-order valence-corrected chi connectivity index (χ3v) is 2.45. The maximum absolute atomic E-state index is 9.17. The molecule has 0 bridgehead atoms. The number of pyridine rings is 1. The normalized spacial score (nSPS) is 9.83. The summed E-state index contributed by atoms with van der Waals surface area (Å²) in [6, 6.07) is 11.9. The number of ether oxygens (including phenoxy) is 1. The minimum absolute atomic E-state index is 0.137. The lowest BCUT2D eigenvalue weighted by atomic mass is 10.2. The molecule has 1 N–H and O–H groups in total. The van der Waals surface area contributed by atoms with E-state index in [0.29, 0.717) is 16.9 Å². The molecule has 1 aromatic carbocycles. The number of hydrogen-bond donors (Lipinski definition) is 1. The number of rotatable bonds is 3. The van der Waals surface area contributed by atoms with E-state index in [-0.39, 0.29) is 17.6 Å². The number of halogens is 1. The van der Waals surface area contributed by atoms with Crippen LogP contribution in [0.15, 0.2) is 36.4 Å². The summed E-state index contributed by atoms with van der Waals surface area (Å²) in [5.74, 6) is 0.707. The van der Waals surface area contributed by atoms with Crippen LogP contribution < -0.4 is 4.74 Å². The Bertz CT molecular complexity index is 608. The fourth-order valence-electron chi connectivity index (χ4n) is 1.44. The van der Waals surface area contributed by atoms with Crippen molar-refractivity contribution in [3.8, 4) is 17.7 Å². The second-order valence-corrected chi connectivity index (χ2v) is 3.88. The van der Waals surface area contributed by atoms with Crippen molar-refractivity contribution in [1.82, 2.24) is 4.98 Å². The van der Waals surface area contributed by atoms with E-state index in [4.69, 9.17) is 21.6 Å². The number of para-hydroxylation sites is 1. The van der Waals surface area contributed by atoms with Gasteiger partial charge in [-0.25, -0.2) is 4.98 Å². The molecule has 0 aliphatic carbocycles. The summed E-state index contributed by atoms with van der Waals surface area (Å²) in [5.41, 5.74) is 1.00. The lowest BCUT2D eigenvalue weighted by Crippen LogP contribution is -1.94. The molecular formula is C13H9ClN2O2. The molecule has 0 aliphatic rings. The van der Waals surface area contributed by atoms with Crippen LogP contribution in [-0.4, -0.2) is 10.1 Å². The van der Waals surface area contributed by atoms with E-state index in [2.05, 4.69) is 4.98 Å². The number of aliphatic hydroxyl groups excluding tert-OH is 1. The summed E-state index contributed by atoms with van der Waals surface area (Å²) in [5, 5.41) is 18.2. The Morgan fingerprint density at radius 3 is 2.83 bits per heavy atom. The minimum Gasteiger partial charge on any atom is -0.439 e. The SMILES string of the molecule is N#Cc1cc(Cl)nc(Oc2ccccc2CO)c1. The van der Waals surface area contributed by atoms with E-state index < -0.39 is 0 Å². The van der Waals surface area contributed by atoms with E-state index in [1.807, 2.05) is 6.07 Å². The predicted molar refractivity (Wildman–Crippen MR) is 66.4 cm³/mol. The first-order valence-electron chi connectivity index (χ1n) is 5.17. The Labute approximate surface area is 109 Å². The third-order valence-electron chi connectivity index (χ3n) is 2.26. The summed E-state index contributed by atoms with van der Waals surface area (Å²) < 4.78 is 5.52. The number of aliphatic hydroxyl groups is 1. The van der Waals surface area contributed by atoms with Gasteiger partial charge in [0.25, 0.3) is 0 Å². The first kappa shape index (κ1) is 12.4. The number of nitriles is 1. The first-order chi connectivity index (χ1) is 8.72. The summed E-state index contributed by atoms with van der Waals surface area (Å²) in [6.45, 7) is -0.137. The molecule has 0 radical (unpaired) electrons. The van der Waals surface area contributed by atoms with Crippen molar-refractivity contribution in [3.63, 3.8) is 0 Å². The highest BCUT2D eigenvalue weighted by atomic mass is 35.5. The van der Waals surface area contributed by atoms with Gasteiger partial charge in [-0.1, -0.05) is 29.8 Å². The van der Waals surface area contributed by atoms with Gasteiger partial charge in [-0.3, -0.25) is 0 Å². The van der Waals surface area contributed by atoms with Gasteiger partial charge in [0.15, 0.2) is 0 Å². The molecular weight excluding hydrogens is 252 g/mol. The quantitative estimate of drug-likeness (QED) is 0.862. The maximum atomic E-state index is 9.17. The van der Waals surface area contributed by atoms with Gasteiger partial charge in [0.2, 0.25) is 5.88 Å². The van der Waals surface area contributed by atoms with Gasteiger partial charge in [0.1, 0.15) is 10.9 Å². The standard InChI is InChI=1S/C13H9ClN2O2/c14-12-5-9(7-15)6-13(16-12)18-11-4-2-1-3-10(11)8-17/h1-6,17H,8H2. The van der Waals surface area contributed by atoms with Crippen molar-refractivity contribution in [2.45, 2.75) is 6.61 Å². The molecule has 0 saturated carbocycles. The van der Waals surface area contributed by atoms with Crippen LogP contribution in [0.25, 0.3) is 0 Å². The molecule has 0 atom stereocenters. The highest BCUT2D eigenvalue weighted by molar-refractivity contribution is 6.29. The molecule has 4 nitrogen and oxygen atoms in total. The molecule has 2 rings (SSSR count). The van der Waals surface area contributed by atoms with E-state index >= 15 is 0 Å². The van der Waals surface area contributed by atoms with Crippen LogP contribution in [-0.2, 0) is 6.61 Å². The van der Waals surface area contributed by atoms with Crippen LogP contribution in [0, 0.1) is 11.3 Å². The predicted octanol–water partition coefficient (Wildman–Crippen LogP) is 2.89. The minimum atomic E-state index is -0.137. The van der Waals surface area contributed by atoms with Crippen molar-refractivity contribution in [1.29, 1.82) is 5.26 Å². The number of benzene rings is 1. The van der Waals surface area contributed by atoms with Crippen LogP contribution in [0.1, 0.15) is 11.1 Å². The Morgan fingerprint density at radius 2 is 2.11 bits per heavy atom. The average Bonchev–Trinajstić information content (AvgIpc) is 2.38. The molecule has 1 heterocycles. The maximum Gasteiger partial charge on any atom is 0.221 e. The van der Waals surface area contributed by atoms with Gasteiger partial charge < -0.3 is 9.84 Å². The van der Waals surface area contributed by atoms with Crippen molar-refractivity contribution >= 4 is 11.6 Å². The van der Waals surface area contributed by atoms with Crippen molar-refractivity contribution in [2.75, 3.05) is 0 Å². The molecule has 0 saturated heterocycles. The van der Waals surface area contributed by atoms with E-state index in [0.717, 1.165) is 0 Å². The summed E-state index contributed by atoms with van der Waals surface area (Å²) in [6.07, 6.45) is 0. The smallest absolute Gasteiger partial charge is 0.221 e. The van der Waals surface area contributed by atoms with Gasteiger partial charge >= 0.3 is 0 Å². The fraction of sp³-hybridized carbons (Fsp3) is 0.0769. The summed E-state index contributed by atoms with van der Waals surface area (Å²) in [4.78, 5) is 3.96. The third kappa shape index (κ3) is 2.77. The zero-order chi connectivity index (χ0) is 13.0. The van der Waals surface area contributed by atoms with Gasteiger partial charge in [-0.15, -0.1) is 0 Å². The summed E-state index contributed by atoms with van der Waals surface area (Å²) >= 11 is 5.78. The number of nitrogens with zero attached hydrogens (tertiary/aromatic N) is 2. The van der Waals surface area contributed by atoms with Crippen molar-refractivity contribution < 1.29 is 9.84 Å². The molecule has 90 valence electrons. The zero-order valence-electron chi connectivity index (χ0n) is 9.30. The monoisotopic (exact) mass is 260 g/mol. The Kier molecular flexibility index (Phi) is 3.78. The zero-order valence-corrected chi connectivity index (χ0v) is 10.1. The first-order valence-corrected chi connectivity index (χ1v) is 5.55. The Morgan fingerprint density at radius 1 is 1.33 bits per heavy atom. The molecule has 0 amide bonds. The lowest BCUT2D eigenvalue weighted by molar-refractivity contribution is 0.276. The number of hydrogen-bond acceptors (Lipinski definition) is 4.